The van der Waals surface area contributed by atoms with Crippen molar-refractivity contribution < 1.29 is 4.42 Å². The summed E-state index contributed by atoms with van der Waals surface area (Å²) in [4.78, 5) is 0. The normalized spacial score (nSPS) is 10.9. The molecule has 0 saturated heterocycles. The smallest absolute Gasteiger partial charge is 0.131 e. The van der Waals surface area contributed by atoms with Crippen LogP contribution in [-0.2, 0) is 20.1 Å². The molecule has 0 atom stereocenters. The lowest BCUT2D eigenvalue weighted by molar-refractivity contribution is 0.560. The summed E-state index contributed by atoms with van der Waals surface area (Å²) in [7, 11) is 1.84. The zero-order valence-corrected chi connectivity index (χ0v) is 10.1. The summed E-state index contributed by atoms with van der Waals surface area (Å²) >= 11 is 6.12. The van der Waals surface area contributed by atoms with Crippen LogP contribution in [0.3, 0.4) is 0 Å². The van der Waals surface area contributed by atoms with Crippen LogP contribution in [0.1, 0.15) is 16.8 Å². The summed E-state index contributed by atoms with van der Waals surface area (Å²) in [6.45, 7) is 3.44. The topological polar surface area (TPSA) is 43.0 Å². The highest BCUT2D eigenvalue weighted by Crippen LogP contribution is 2.18. The maximum atomic E-state index is 6.12. The minimum atomic E-state index is 0.692. The van der Waals surface area contributed by atoms with Gasteiger partial charge >= 0.3 is 0 Å². The van der Waals surface area contributed by atoms with Crippen molar-refractivity contribution in [2.45, 2.75) is 20.0 Å². The van der Waals surface area contributed by atoms with Gasteiger partial charge in [-0.05, 0) is 13.0 Å². The number of nitrogens with one attached hydrogen (secondary N) is 1. The standard InChI is InChI=1S/C11H14ClN3O/c1-8-10(11(12)15(2)14-8)6-13-5-9-3-4-16-7-9/h3-4,7,13H,5-6H2,1-2H3. The highest BCUT2D eigenvalue weighted by Gasteiger charge is 2.10. The molecule has 0 radical (unpaired) electrons. The fraction of sp³-hybridized carbons (Fsp3) is 0.364. The zero-order valence-electron chi connectivity index (χ0n) is 9.33. The van der Waals surface area contributed by atoms with Crippen LogP contribution in [0.25, 0.3) is 0 Å². The summed E-state index contributed by atoms with van der Waals surface area (Å²) in [5.41, 5.74) is 3.14. The molecule has 16 heavy (non-hydrogen) atoms. The van der Waals surface area contributed by atoms with E-state index in [1.807, 2.05) is 20.0 Å². The number of hydrogen-bond donors (Lipinski definition) is 1. The van der Waals surface area contributed by atoms with Crippen molar-refractivity contribution in [3.8, 4) is 0 Å². The van der Waals surface area contributed by atoms with E-state index in [1.165, 1.54) is 0 Å². The Morgan fingerprint density at radius 1 is 1.50 bits per heavy atom. The number of hydrogen-bond acceptors (Lipinski definition) is 3. The van der Waals surface area contributed by atoms with Crippen LogP contribution in [0.2, 0.25) is 5.15 Å². The van der Waals surface area contributed by atoms with Crippen molar-refractivity contribution in [2.24, 2.45) is 7.05 Å². The van der Waals surface area contributed by atoms with Crippen LogP contribution >= 0.6 is 11.6 Å². The fourth-order valence-electron chi connectivity index (χ4n) is 1.60. The van der Waals surface area contributed by atoms with E-state index in [0.717, 1.165) is 23.4 Å². The Morgan fingerprint density at radius 3 is 2.88 bits per heavy atom. The second-order valence-corrected chi connectivity index (χ2v) is 4.07. The molecule has 0 aliphatic carbocycles. The van der Waals surface area contributed by atoms with Crippen molar-refractivity contribution in [2.75, 3.05) is 0 Å². The molecule has 0 saturated carbocycles. The van der Waals surface area contributed by atoms with E-state index in [9.17, 15) is 0 Å². The number of nitrogens with zero attached hydrogens (tertiary/aromatic N) is 2. The Kier molecular flexibility index (Phi) is 3.31. The largest absolute Gasteiger partial charge is 0.472 e. The van der Waals surface area contributed by atoms with E-state index in [-0.39, 0.29) is 0 Å². The molecule has 0 amide bonds. The molecule has 2 aromatic heterocycles. The average Bonchev–Trinajstić information content (AvgIpc) is 2.82. The lowest BCUT2D eigenvalue weighted by atomic mass is 10.2. The van der Waals surface area contributed by atoms with Crippen molar-refractivity contribution in [1.82, 2.24) is 15.1 Å². The van der Waals surface area contributed by atoms with Gasteiger partial charge in [-0.2, -0.15) is 5.10 Å². The van der Waals surface area contributed by atoms with Crippen LogP contribution < -0.4 is 5.32 Å². The van der Waals surface area contributed by atoms with E-state index in [0.29, 0.717) is 11.7 Å². The minimum absolute atomic E-state index is 0.692. The first kappa shape index (κ1) is 11.2. The maximum Gasteiger partial charge on any atom is 0.131 e. The van der Waals surface area contributed by atoms with Crippen LogP contribution in [0, 0.1) is 6.92 Å². The van der Waals surface area contributed by atoms with Gasteiger partial charge in [-0.15, -0.1) is 0 Å². The molecule has 86 valence electrons. The van der Waals surface area contributed by atoms with Crippen LogP contribution in [0.15, 0.2) is 23.0 Å². The van der Waals surface area contributed by atoms with Gasteiger partial charge in [0.2, 0.25) is 0 Å². The van der Waals surface area contributed by atoms with Gasteiger partial charge in [0.1, 0.15) is 5.15 Å². The third-order valence-electron chi connectivity index (χ3n) is 2.48. The van der Waals surface area contributed by atoms with Crippen molar-refractivity contribution >= 4 is 11.6 Å². The molecule has 0 spiro atoms. The SMILES string of the molecule is Cc1nn(C)c(Cl)c1CNCc1ccoc1. The molecule has 0 aromatic carbocycles. The van der Waals surface area contributed by atoms with Gasteiger partial charge in [-0.25, -0.2) is 0 Å². The first-order chi connectivity index (χ1) is 7.68. The lowest BCUT2D eigenvalue weighted by Crippen LogP contribution is -2.12. The first-order valence-electron chi connectivity index (χ1n) is 5.08. The summed E-state index contributed by atoms with van der Waals surface area (Å²) < 4.78 is 6.67. The molecule has 2 rings (SSSR count). The van der Waals surface area contributed by atoms with Crippen molar-refractivity contribution in [3.05, 3.63) is 40.6 Å². The number of aryl methyl sites for hydroxylation is 2. The first-order valence-corrected chi connectivity index (χ1v) is 5.46. The molecule has 0 unspecified atom stereocenters. The minimum Gasteiger partial charge on any atom is -0.472 e. The van der Waals surface area contributed by atoms with Crippen molar-refractivity contribution in [1.29, 1.82) is 0 Å². The van der Waals surface area contributed by atoms with Crippen LogP contribution in [-0.4, -0.2) is 9.78 Å². The molecule has 1 N–H and O–H groups in total. The summed E-state index contributed by atoms with van der Waals surface area (Å²) in [5, 5.41) is 8.25. The summed E-state index contributed by atoms with van der Waals surface area (Å²) in [6, 6.07) is 1.94. The monoisotopic (exact) mass is 239 g/mol. The highest BCUT2D eigenvalue weighted by molar-refractivity contribution is 6.30. The van der Waals surface area contributed by atoms with Gasteiger partial charge in [-0.1, -0.05) is 11.6 Å². The predicted octanol–water partition coefficient (Wildman–Crippen LogP) is 2.26. The zero-order chi connectivity index (χ0) is 11.5. The average molecular weight is 240 g/mol. The maximum absolute atomic E-state index is 6.12. The van der Waals surface area contributed by atoms with E-state index in [2.05, 4.69) is 10.4 Å². The summed E-state index contributed by atoms with van der Waals surface area (Å²) in [6.07, 6.45) is 3.39. The molecule has 4 nitrogen and oxygen atoms in total. The molecular formula is C11H14ClN3O. The third kappa shape index (κ3) is 2.28. The second-order valence-electron chi connectivity index (χ2n) is 3.71. The van der Waals surface area contributed by atoms with Gasteiger partial charge in [0.05, 0.1) is 18.2 Å². The van der Waals surface area contributed by atoms with Crippen molar-refractivity contribution in [3.63, 3.8) is 0 Å². The van der Waals surface area contributed by atoms with Crippen LogP contribution in [0.4, 0.5) is 0 Å². The Labute approximate surface area is 99.2 Å². The second kappa shape index (κ2) is 4.72. The third-order valence-corrected chi connectivity index (χ3v) is 2.95. The van der Waals surface area contributed by atoms with E-state index in [1.54, 1.807) is 17.2 Å². The molecular weight excluding hydrogens is 226 g/mol. The Bertz CT molecular complexity index is 462. The Hall–Kier alpha value is -1.26. The van der Waals surface area contributed by atoms with Crippen LogP contribution in [0.5, 0.6) is 0 Å². The quantitative estimate of drug-likeness (QED) is 0.890. The van der Waals surface area contributed by atoms with Gasteiger partial charge in [0, 0.05) is 31.3 Å². The Morgan fingerprint density at radius 2 is 2.31 bits per heavy atom. The molecule has 2 heterocycles. The van der Waals surface area contributed by atoms with E-state index < -0.39 is 0 Å². The van der Waals surface area contributed by atoms with Gasteiger partial charge in [0.25, 0.3) is 0 Å². The Balaban J connectivity index is 1.95. The van der Waals surface area contributed by atoms with Gasteiger partial charge < -0.3 is 9.73 Å². The lowest BCUT2D eigenvalue weighted by Gasteiger charge is -2.02. The van der Waals surface area contributed by atoms with Gasteiger partial charge in [0.15, 0.2) is 0 Å². The van der Waals surface area contributed by atoms with E-state index >= 15 is 0 Å². The number of rotatable bonds is 4. The molecule has 0 aliphatic heterocycles. The number of furan rings is 1. The number of halogens is 1. The van der Waals surface area contributed by atoms with Gasteiger partial charge in [-0.3, -0.25) is 4.68 Å². The van der Waals surface area contributed by atoms with E-state index in [4.69, 9.17) is 16.0 Å². The molecule has 2 aromatic rings. The highest BCUT2D eigenvalue weighted by atomic mass is 35.5. The summed E-state index contributed by atoms with van der Waals surface area (Å²) in [5.74, 6) is 0. The fourth-order valence-corrected chi connectivity index (χ4v) is 1.84. The molecule has 5 heteroatoms. The number of aromatic nitrogens is 2. The molecule has 0 fully saturated rings. The molecule has 0 aliphatic rings. The predicted molar refractivity (Wildman–Crippen MR) is 62.2 cm³/mol. The molecule has 0 bridgehead atoms.